The number of hydrogen-bond acceptors (Lipinski definition) is 6. The van der Waals surface area contributed by atoms with E-state index < -0.39 is 26.6 Å². The number of hydrogen-bond donors (Lipinski definition) is 2. The van der Waals surface area contributed by atoms with Crippen LogP contribution in [0.5, 0.6) is 0 Å². The fourth-order valence-electron chi connectivity index (χ4n) is 7.72. The number of carbonyl (C=O) groups is 1. The van der Waals surface area contributed by atoms with Crippen LogP contribution in [0.25, 0.3) is 0 Å². The zero-order valence-electron chi connectivity index (χ0n) is 42.7. The van der Waals surface area contributed by atoms with Crippen LogP contribution in [0.1, 0.15) is 245 Å². The Morgan fingerprint density at radius 2 is 0.906 bits per heavy atom. The summed E-state index contributed by atoms with van der Waals surface area (Å²) in [4.78, 5) is 25.3. The summed E-state index contributed by atoms with van der Waals surface area (Å²) in [6.07, 6.45) is 60.8. The largest absolute Gasteiger partial charge is 0.756 e. The minimum absolute atomic E-state index is 0.0116. The maximum Gasteiger partial charge on any atom is 0.268 e. The van der Waals surface area contributed by atoms with Gasteiger partial charge in [0.15, 0.2) is 0 Å². The van der Waals surface area contributed by atoms with Crippen molar-refractivity contribution in [1.29, 1.82) is 0 Å². The third-order valence-corrected chi connectivity index (χ3v) is 12.9. The number of rotatable bonds is 49. The normalized spacial score (nSPS) is 14.4. The van der Waals surface area contributed by atoms with E-state index in [0.717, 1.165) is 70.6 Å². The Hall–Kier alpha value is -1.54. The van der Waals surface area contributed by atoms with E-state index in [1.165, 1.54) is 154 Å². The van der Waals surface area contributed by atoms with Gasteiger partial charge in [-0.3, -0.25) is 9.36 Å². The lowest BCUT2D eigenvalue weighted by Crippen LogP contribution is -2.45. The first kappa shape index (κ1) is 62.5. The maximum absolute atomic E-state index is 12.8. The first-order valence-corrected chi connectivity index (χ1v) is 28.5. The predicted octanol–water partition coefficient (Wildman–Crippen LogP) is 15.3. The Morgan fingerprint density at radius 3 is 1.33 bits per heavy atom. The number of unbranched alkanes of at least 4 members (excludes halogenated alkanes) is 30. The van der Waals surface area contributed by atoms with Gasteiger partial charge in [0.2, 0.25) is 5.91 Å². The smallest absolute Gasteiger partial charge is 0.268 e. The van der Waals surface area contributed by atoms with E-state index in [4.69, 9.17) is 9.05 Å². The SMILES string of the molecule is CCC/C=C\CCCCCCCC(=O)NC(COP(=O)([O-])OCC[N+](C)(C)C)C(O)/C=C/CC/C=C/CC/C=C/CCCCCCCCCCCCCCCCCCCCCCCC. The van der Waals surface area contributed by atoms with Crippen molar-refractivity contribution < 1.29 is 32.9 Å². The van der Waals surface area contributed by atoms with Gasteiger partial charge in [0, 0.05) is 6.42 Å². The average Bonchev–Trinajstić information content (AvgIpc) is 3.25. The highest BCUT2D eigenvalue weighted by molar-refractivity contribution is 7.45. The molecule has 3 unspecified atom stereocenters. The van der Waals surface area contributed by atoms with Crippen molar-refractivity contribution in [3.8, 4) is 0 Å². The van der Waals surface area contributed by atoms with Gasteiger partial charge in [0.05, 0.1) is 39.9 Å². The molecule has 0 aromatic carbocycles. The zero-order chi connectivity index (χ0) is 47.1. The van der Waals surface area contributed by atoms with Crippen molar-refractivity contribution in [3.05, 3.63) is 48.6 Å². The number of nitrogens with zero attached hydrogens (tertiary/aromatic N) is 1. The standard InChI is InChI=1S/C55H105N2O6P/c1-6-8-10-12-14-16-18-19-20-21-22-23-24-25-26-27-28-29-30-31-32-33-34-35-36-37-38-39-40-42-44-46-48-54(58)53(52-63-64(60,61)62-51-50-57(3,4)5)56-55(59)49-47-45-43-41-17-15-13-11-9-7-2/h11,13,35-36,39-40,46,48,53-54,58H,6-10,12,14-34,37-38,41-45,47,49-52H2,1-5H3,(H-,56,59,60,61)/b13-11-,36-35+,40-39+,48-46+. The zero-order valence-corrected chi connectivity index (χ0v) is 43.6. The van der Waals surface area contributed by atoms with Crippen molar-refractivity contribution in [2.45, 2.75) is 257 Å². The molecule has 0 fully saturated rings. The molecule has 0 aliphatic carbocycles. The average molecular weight is 921 g/mol. The quantitative estimate of drug-likeness (QED) is 0.0272. The van der Waals surface area contributed by atoms with Gasteiger partial charge < -0.3 is 28.8 Å². The molecule has 0 aromatic heterocycles. The number of aliphatic hydroxyl groups is 1. The molecule has 0 heterocycles. The molecule has 2 N–H and O–H groups in total. The molecule has 0 rings (SSSR count). The predicted molar refractivity (Wildman–Crippen MR) is 274 cm³/mol. The summed E-state index contributed by atoms with van der Waals surface area (Å²) < 4.78 is 23.2. The van der Waals surface area contributed by atoms with Crippen LogP contribution in [0.15, 0.2) is 48.6 Å². The maximum atomic E-state index is 12.8. The molecule has 0 bridgehead atoms. The second-order valence-corrected chi connectivity index (χ2v) is 21.0. The van der Waals surface area contributed by atoms with Gasteiger partial charge >= 0.3 is 0 Å². The van der Waals surface area contributed by atoms with E-state index in [0.29, 0.717) is 17.4 Å². The van der Waals surface area contributed by atoms with E-state index in [9.17, 15) is 19.4 Å². The van der Waals surface area contributed by atoms with Crippen LogP contribution in [0.2, 0.25) is 0 Å². The Bertz CT molecular complexity index is 1180. The van der Waals surface area contributed by atoms with E-state index in [-0.39, 0.29) is 12.5 Å². The second kappa shape index (κ2) is 46.6. The highest BCUT2D eigenvalue weighted by atomic mass is 31.2. The highest BCUT2D eigenvalue weighted by Gasteiger charge is 2.23. The number of amides is 1. The number of likely N-dealkylation sites (N-methyl/N-ethyl adjacent to an activating group) is 1. The third kappa shape index (κ3) is 48.4. The molecule has 3 atom stereocenters. The Labute approximate surface area is 397 Å². The number of quaternary nitrogens is 1. The molecule has 64 heavy (non-hydrogen) atoms. The summed E-state index contributed by atoms with van der Waals surface area (Å²) in [5.41, 5.74) is 0. The summed E-state index contributed by atoms with van der Waals surface area (Å²) in [6.45, 7) is 4.55. The van der Waals surface area contributed by atoms with Crippen molar-refractivity contribution in [2.24, 2.45) is 0 Å². The van der Waals surface area contributed by atoms with Gasteiger partial charge in [-0.25, -0.2) is 0 Å². The van der Waals surface area contributed by atoms with Gasteiger partial charge in [-0.05, 0) is 64.2 Å². The summed E-state index contributed by atoms with van der Waals surface area (Å²) in [5, 5.41) is 13.8. The van der Waals surface area contributed by atoms with Crippen LogP contribution in [0.3, 0.4) is 0 Å². The van der Waals surface area contributed by atoms with Crippen molar-refractivity contribution in [2.75, 3.05) is 40.9 Å². The minimum Gasteiger partial charge on any atom is -0.756 e. The molecule has 9 heteroatoms. The number of carbonyl (C=O) groups excluding carboxylic acids is 1. The van der Waals surface area contributed by atoms with Crippen LogP contribution in [0.4, 0.5) is 0 Å². The lowest BCUT2D eigenvalue weighted by molar-refractivity contribution is -0.870. The molecular weight excluding hydrogens is 816 g/mol. The van der Waals surface area contributed by atoms with E-state index in [1.807, 2.05) is 27.2 Å². The van der Waals surface area contributed by atoms with Crippen LogP contribution in [-0.4, -0.2) is 68.5 Å². The van der Waals surface area contributed by atoms with Crippen molar-refractivity contribution in [1.82, 2.24) is 5.32 Å². The second-order valence-electron chi connectivity index (χ2n) is 19.6. The van der Waals surface area contributed by atoms with E-state index in [2.05, 4.69) is 55.6 Å². The fourth-order valence-corrected chi connectivity index (χ4v) is 8.44. The monoisotopic (exact) mass is 921 g/mol. The summed E-state index contributed by atoms with van der Waals surface area (Å²) in [7, 11) is 1.23. The molecule has 0 radical (unpaired) electrons. The molecule has 0 aliphatic rings. The molecule has 8 nitrogen and oxygen atoms in total. The summed E-state index contributed by atoms with van der Waals surface area (Å²) in [6, 6.07) is -0.913. The van der Waals surface area contributed by atoms with Crippen LogP contribution < -0.4 is 10.2 Å². The molecule has 0 saturated carbocycles. The van der Waals surface area contributed by atoms with Crippen molar-refractivity contribution in [3.63, 3.8) is 0 Å². The summed E-state index contributed by atoms with van der Waals surface area (Å²) >= 11 is 0. The highest BCUT2D eigenvalue weighted by Crippen LogP contribution is 2.38. The minimum atomic E-state index is -4.60. The van der Waals surface area contributed by atoms with Gasteiger partial charge in [-0.1, -0.05) is 223 Å². The summed E-state index contributed by atoms with van der Waals surface area (Å²) in [5.74, 6) is -0.224. The first-order valence-electron chi connectivity index (χ1n) is 27.0. The van der Waals surface area contributed by atoms with Crippen LogP contribution in [0, 0.1) is 0 Å². The van der Waals surface area contributed by atoms with Crippen LogP contribution in [-0.2, 0) is 18.4 Å². The lowest BCUT2D eigenvalue weighted by atomic mass is 10.0. The number of phosphoric acid groups is 1. The third-order valence-electron chi connectivity index (χ3n) is 12.0. The Kier molecular flexibility index (Phi) is 45.4. The molecular formula is C55H105N2O6P. The first-order chi connectivity index (χ1) is 31.0. The molecule has 0 aliphatic heterocycles. The molecule has 1 amide bonds. The molecule has 0 saturated heterocycles. The van der Waals surface area contributed by atoms with Gasteiger partial charge in [-0.15, -0.1) is 0 Å². The van der Waals surface area contributed by atoms with E-state index >= 15 is 0 Å². The Balaban J connectivity index is 4.12. The van der Waals surface area contributed by atoms with Gasteiger partial charge in [0.25, 0.3) is 7.82 Å². The molecule has 0 spiro atoms. The lowest BCUT2D eigenvalue weighted by Gasteiger charge is -2.29. The number of allylic oxidation sites excluding steroid dienone is 7. The van der Waals surface area contributed by atoms with Gasteiger partial charge in [-0.2, -0.15) is 0 Å². The topological polar surface area (TPSA) is 108 Å². The molecule has 0 aromatic rings. The van der Waals surface area contributed by atoms with Gasteiger partial charge in [0.1, 0.15) is 13.2 Å². The van der Waals surface area contributed by atoms with E-state index in [1.54, 1.807) is 6.08 Å². The fraction of sp³-hybridized carbons (Fsp3) is 0.836. The van der Waals surface area contributed by atoms with Crippen LogP contribution >= 0.6 is 7.82 Å². The number of nitrogens with one attached hydrogen (secondary N) is 1. The Morgan fingerprint density at radius 1 is 0.531 bits per heavy atom. The molecule has 376 valence electrons. The van der Waals surface area contributed by atoms with Crippen molar-refractivity contribution >= 4 is 13.7 Å². The number of aliphatic hydroxyl groups excluding tert-OH is 1. The number of phosphoric ester groups is 1.